The van der Waals surface area contributed by atoms with E-state index in [4.69, 9.17) is 19.4 Å². The van der Waals surface area contributed by atoms with Crippen molar-refractivity contribution in [3.63, 3.8) is 0 Å². The molecular weight excluding hydrogens is 647 g/mol. The molecular formula is C49H31N3O. The van der Waals surface area contributed by atoms with Crippen LogP contribution in [0.3, 0.4) is 0 Å². The lowest BCUT2D eigenvalue weighted by molar-refractivity contribution is 0.673. The summed E-state index contributed by atoms with van der Waals surface area (Å²) in [6.07, 6.45) is 0. The van der Waals surface area contributed by atoms with Crippen LogP contribution < -0.4 is 0 Å². The van der Waals surface area contributed by atoms with Crippen LogP contribution in [0.1, 0.15) is 0 Å². The monoisotopic (exact) mass is 677 g/mol. The minimum absolute atomic E-state index is 0.602. The van der Waals surface area contributed by atoms with Crippen LogP contribution >= 0.6 is 0 Å². The molecule has 0 radical (unpaired) electrons. The molecule has 0 aliphatic carbocycles. The lowest BCUT2D eigenvalue weighted by Gasteiger charge is -2.12. The van der Waals surface area contributed by atoms with Gasteiger partial charge in [0.2, 0.25) is 0 Å². The van der Waals surface area contributed by atoms with Crippen molar-refractivity contribution in [2.45, 2.75) is 0 Å². The fourth-order valence-electron chi connectivity index (χ4n) is 7.38. The number of hydrogen-bond acceptors (Lipinski definition) is 4. The summed E-state index contributed by atoms with van der Waals surface area (Å²) in [5, 5.41) is 4.12. The van der Waals surface area contributed by atoms with E-state index < -0.39 is 0 Å². The Hall–Kier alpha value is -7.17. The van der Waals surface area contributed by atoms with Crippen molar-refractivity contribution in [2.75, 3.05) is 0 Å². The van der Waals surface area contributed by atoms with Gasteiger partial charge in [-0.3, -0.25) is 0 Å². The first-order valence-corrected chi connectivity index (χ1v) is 17.8. The van der Waals surface area contributed by atoms with E-state index in [2.05, 4.69) is 170 Å². The minimum Gasteiger partial charge on any atom is -0.455 e. The van der Waals surface area contributed by atoms with Crippen LogP contribution in [0.25, 0.3) is 100 Å². The fraction of sp³-hybridized carbons (Fsp3) is 0. The summed E-state index contributed by atoms with van der Waals surface area (Å²) < 4.78 is 6.66. The molecule has 0 spiro atoms. The van der Waals surface area contributed by atoms with Crippen molar-refractivity contribution < 1.29 is 4.42 Å². The van der Waals surface area contributed by atoms with Crippen LogP contribution in [0.4, 0.5) is 0 Å². The molecule has 0 bridgehead atoms. The topological polar surface area (TPSA) is 51.8 Å². The zero-order chi connectivity index (χ0) is 35.1. The summed E-state index contributed by atoms with van der Waals surface area (Å²) in [6.45, 7) is 0. The lowest BCUT2D eigenvalue weighted by Crippen LogP contribution is -2.01. The molecule has 4 nitrogen and oxygen atoms in total. The third kappa shape index (κ3) is 5.54. The molecule has 0 aliphatic rings. The van der Waals surface area contributed by atoms with Crippen molar-refractivity contribution in [2.24, 2.45) is 0 Å². The Morgan fingerprint density at radius 3 is 1.38 bits per heavy atom. The maximum Gasteiger partial charge on any atom is 0.164 e. The van der Waals surface area contributed by atoms with E-state index in [1.807, 2.05) is 18.2 Å². The van der Waals surface area contributed by atoms with Crippen LogP contribution in [0, 0.1) is 0 Å². The molecule has 248 valence electrons. The van der Waals surface area contributed by atoms with Gasteiger partial charge in [-0.15, -0.1) is 0 Å². The zero-order valence-electron chi connectivity index (χ0n) is 28.6. The van der Waals surface area contributed by atoms with Crippen molar-refractivity contribution in [3.05, 3.63) is 188 Å². The predicted octanol–water partition coefficient (Wildman–Crippen LogP) is 12.9. The number of furan rings is 1. The molecule has 10 rings (SSSR count). The van der Waals surface area contributed by atoms with Gasteiger partial charge in [0, 0.05) is 32.8 Å². The molecule has 0 atom stereocenters. The van der Waals surface area contributed by atoms with E-state index in [9.17, 15) is 0 Å². The molecule has 10 aromatic rings. The number of hydrogen-bond donors (Lipinski definition) is 0. The lowest BCUT2D eigenvalue weighted by atomic mass is 9.95. The van der Waals surface area contributed by atoms with Gasteiger partial charge in [-0.2, -0.15) is 0 Å². The Balaban J connectivity index is 1.24. The number of fused-ring (bicyclic) bond motifs is 5. The third-order valence-corrected chi connectivity index (χ3v) is 9.92. The highest BCUT2D eigenvalue weighted by Gasteiger charge is 2.21. The summed E-state index contributed by atoms with van der Waals surface area (Å²) in [5.41, 5.74) is 11.2. The smallest absolute Gasteiger partial charge is 0.164 e. The average Bonchev–Trinajstić information content (AvgIpc) is 3.63. The molecule has 53 heavy (non-hydrogen) atoms. The van der Waals surface area contributed by atoms with Gasteiger partial charge in [-0.1, -0.05) is 164 Å². The van der Waals surface area contributed by atoms with Crippen LogP contribution in [0.5, 0.6) is 0 Å². The molecule has 4 heteroatoms. The molecule has 0 saturated heterocycles. The van der Waals surface area contributed by atoms with E-state index in [0.29, 0.717) is 17.5 Å². The van der Waals surface area contributed by atoms with Crippen LogP contribution in [0.15, 0.2) is 192 Å². The van der Waals surface area contributed by atoms with Gasteiger partial charge in [0.25, 0.3) is 0 Å². The van der Waals surface area contributed by atoms with Gasteiger partial charge < -0.3 is 4.42 Å². The maximum atomic E-state index is 6.66. The Labute approximate surface area is 306 Å². The predicted molar refractivity (Wildman–Crippen MR) is 217 cm³/mol. The Kier molecular flexibility index (Phi) is 7.43. The van der Waals surface area contributed by atoms with Gasteiger partial charge in [0.15, 0.2) is 17.5 Å². The molecule has 0 N–H and O–H groups in total. The second-order valence-corrected chi connectivity index (χ2v) is 13.2. The van der Waals surface area contributed by atoms with Crippen LogP contribution in [-0.2, 0) is 0 Å². The summed E-state index contributed by atoms with van der Waals surface area (Å²) in [5.74, 6) is 1.82. The largest absolute Gasteiger partial charge is 0.455 e. The quantitative estimate of drug-likeness (QED) is 0.176. The van der Waals surface area contributed by atoms with Gasteiger partial charge in [-0.25, -0.2) is 15.0 Å². The second kappa shape index (κ2) is 12.9. The molecule has 8 aromatic carbocycles. The number of benzene rings is 8. The van der Waals surface area contributed by atoms with Gasteiger partial charge in [0.1, 0.15) is 11.2 Å². The fourth-order valence-corrected chi connectivity index (χ4v) is 7.38. The highest BCUT2D eigenvalue weighted by Crippen LogP contribution is 2.43. The molecule has 0 saturated carbocycles. The first-order chi connectivity index (χ1) is 26.3. The Morgan fingerprint density at radius 1 is 0.302 bits per heavy atom. The zero-order valence-corrected chi connectivity index (χ0v) is 28.6. The van der Waals surface area contributed by atoms with E-state index in [1.54, 1.807) is 0 Å². The number of rotatable bonds is 6. The molecule has 2 heterocycles. The van der Waals surface area contributed by atoms with Gasteiger partial charge in [0.05, 0.1) is 0 Å². The van der Waals surface area contributed by atoms with E-state index in [-0.39, 0.29) is 0 Å². The first kappa shape index (κ1) is 30.6. The Bertz CT molecular complexity index is 2830. The van der Waals surface area contributed by atoms with Crippen molar-refractivity contribution >= 4 is 32.7 Å². The highest BCUT2D eigenvalue weighted by molar-refractivity contribution is 6.21. The van der Waals surface area contributed by atoms with E-state index >= 15 is 0 Å². The SMILES string of the molecule is c1ccc(-c2cccc(-c3nc(-c4cccc(-c5ccccc5)c4)nc(-c4cc5c(oc6cccc(-c7ccccc7)c65)c5ccccc45)n3)c2)cc1. The molecule has 0 unspecified atom stereocenters. The van der Waals surface area contributed by atoms with Crippen LogP contribution in [0.2, 0.25) is 0 Å². The third-order valence-electron chi connectivity index (χ3n) is 9.92. The van der Waals surface area contributed by atoms with Gasteiger partial charge >= 0.3 is 0 Å². The summed E-state index contributed by atoms with van der Waals surface area (Å²) in [4.78, 5) is 15.7. The first-order valence-electron chi connectivity index (χ1n) is 17.8. The summed E-state index contributed by atoms with van der Waals surface area (Å²) in [7, 11) is 0. The molecule has 0 fully saturated rings. The van der Waals surface area contributed by atoms with Crippen LogP contribution in [-0.4, -0.2) is 15.0 Å². The normalized spacial score (nSPS) is 11.4. The number of aromatic nitrogens is 3. The van der Waals surface area contributed by atoms with Crippen molar-refractivity contribution in [1.29, 1.82) is 0 Å². The summed E-state index contributed by atoms with van der Waals surface area (Å²) >= 11 is 0. The van der Waals surface area contributed by atoms with Crippen molar-refractivity contribution in [3.8, 4) is 67.5 Å². The standard InChI is InChI=1S/C49H31N3O/c1-4-15-32(16-5-1)35-21-12-23-37(29-35)47-50-48(38-24-13-22-36(30-38)33-17-6-2-7-18-33)52-49(51-47)42-31-43-45-39(34-19-8-3-9-20-34)27-14-28-44(45)53-46(43)41-26-11-10-25-40(41)42/h1-31H. The van der Waals surface area contributed by atoms with E-state index in [1.165, 1.54) is 0 Å². The minimum atomic E-state index is 0.602. The summed E-state index contributed by atoms with van der Waals surface area (Å²) in [6, 6.07) is 65.0. The Morgan fingerprint density at radius 2 is 0.774 bits per heavy atom. The molecule has 0 amide bonds. The number of nitrogens with zero attached hydrogens (tertiary/aromatic N) is 3. The van der Waals surface area contributed by atoms with Gasteiger partial charge in [-0.05, 0) is 63.0 Å². The van der Waals surface area contributed by atoms with Crippen molar-refractivity contribution in [1.82, 2.24) is 15.0 Å². The average molecular weight is 678 g/mol. The second-order valence-electron chi connectivity index (χ2n) is 13.2. The maximum absolute atomic E-state index is 6.66. The molecule has 0 aliphatic heterocycles. The highest BCUT2D eigenvalue weighted by atomic mass is 16.3. The van der Waals surface area contributed by atoms with E-state index in [0.717, 1.165) is 82.8 Å². The molecule has 2 aromatic heterocycles.